The first-order chi connectivity index (χ1) is 17.4. The van der Waals surface area contributed by atoms with Crippen molar-refractivity contribution >= 4 is 43.5 Å². The summed E-state index contributed by atoms with van der Waals surface area (Å²) in [5.74, 6) is -0.246. The summed E-state index contributed by atoms with van der Waals surface area (Å²) in [6.07, 6.45) is 7.61. The highest BCUT2D eigenvalue weighted by molar-refractivity contribution is 7.88. The third-order valence-electron chi connectivity index (χ3n) is 6.37. The highest BCUT2D eigenvalue weighted by atomic mass is 32.2. The third-order valence-corrected chi connectivity index (χ3v) is 7.73. The number of allylic oxidation sites excluding steroid dienone is 1. The SMILES string of the molecule is CN/C=C(\C=N)c1cnc2ccc3ccc(CS(=O)(=O)NC4CCc5cccnc54)cc3c(=O)c2c1. The van der Waals surface area contributed by atoms with Crippen molar-refractivity contribution in [3.05, 3.63) is 99.7 Å². The highest BCUT2D eigenvalue weighted by Crippen LogP contribution is 2.30. The van der Waals surface area contributed by atoms with Crippen molar-refractivity contribution in [3.8, 4) is 0 Å². The Kier molecular flexibility index (Phi) is 6.34. The van der Waals surface area contributed by atoms with Crippen LogP contribution >= 0.6 is 0 Å². The normalized spacial score (nSPS) is 15.7. The summed E-state index contributed by atoms with van der Waals surface area (Å²) in [6, 6.07) is 13.9. The van der Waals surface area contributed by atoms with E-state index in [1.54, 1.807) is 56.0 Å². The van der Waals surface area contributed by atoms with Gasteiger partial charge in [0.2, 0.25) is 10.0 Å². The average molecular weight is 500 g/mol. The van der Waals surface area contributed by atoms with E-state index >= 15 is 0 Å². The van der Waals surface area contributed by atoms with Crippen molar-refractivity contribution in [2.75, 3.05) is 7.05 Å². The molecule has 8 nitrogen and oxygen atoms in total. The molecule has 2 aromatic carbocycles. The number of fused-ring (bicyclic) bond motifs is 3. The second-order valence-corrected chi connectivity index (χ2v) is 10.5. The predicted molar refractivity (Wildman–Crippen MR) is 142 cm³/mol. The standard InChI is InChI=1S/C27H25N5O3S/c1-29-14-21(13-28)20-12-23-24(31-15-20)8-6-18-5-4-17(11-22(18)27(23)33)16-36(34,35)32-25-9-7-19-3-2-10-30-26(19)25/h2-6,8,10-15,25,28-29,32H,7,9,16H2,1H3/b21-14+,28-13?. The highest BCUT2D eigenvalue weighted by Gasteiger charge is 2.27. The maximum absolute atomic E-state index is 13.5. The van der Waals surface area contributed by atoms with Gasteiger partial charge in [-0.1, -0.05) is 24.3 Å². The molecule has 4 aromatic rings. The number of nitrogens with zero attached hydrogens (tertiary/aromatic N) is 2. The molecule has 0 bridgehead atoms. The molecule has 36 heavy (non-hydrogen) atoms. The second kappa shape index (κ2) is 9.60. The molecule has 1 aliphatic rings. The number of benzene rings is 1. The first-order valence-corrected chi connectivity index (χ1v) is 13.2. The van der Waals surface area contributed by atoms with Crippen LogP contribution in [0.2, 0.25) is 0 Å². The Morgan fingerprint density at radius 1 is 1.14 bits per heavy atom. The van der Waals surface area contributed by atoms with Crippen molar-refractivity contribution in [2.24, 2.45) is 0 Å². The monoisotopic (exact) mass is 499 g/mol. The van der Waals surface area contributed by atoms with Crippen LogP contribution in [0.25, 0.3) is 27.2 Å². The van der Waals surface area contributed by atoms with Gasteiger partial charge in [-0.05, 0) is 53.6 Å². The average Bonchev–Trinajstić information content (AvgIpc) is 3.21. The lowest BCUT2D eigenvalue weighted by Gasteiger charge is -2.13. The van der Waals surface area contributed by atoms with E-state index in [1.807, 2.05) is 18.2 Å². The van der Waals surface area contributed by atoms with Crippen LogP contribution < -0.4 is 15.5 Å². The maximum atomic E-state index is 13.5. The molecular formula is C27H25N5O3S. The van der Waals surface area contributed by atoms with Crippen molar-refractivity contribution in [3.63, 3.8) is 0 Å². The fourth-order valence-corrected chi connectivity index (χ4v) is 6.03. The number of aromatic nitrogens is 2. The summed E-state index contributed by atoms with van der Waals surface area (Å²) >= 11 is 0. The zero-order valence-electron chi connectivity index (χ0n) is 19.7. The summed E-state index contributed by atoms with van der Waals surface area (Å²) in [5.41, 5.74) is 3.87. The molecule has 0 aliphatic heterocycles. The van der Waals surface area contributed by atoms with Crippen LogP contribution in [0.5, 0.6) is 0 Å². The first-order valence-electron chi connectivity index (χ1n) is 11.6. The molecule has 9 heteroatoms. The van der Waals surface area contributed by atoms with Gasteiger partial charge in [-0.3, -0.25) is 14.8 Å². The van der Waals surface area contributed by atoms with E-state index in [1.165, 1.54) is 6.21 Å². The van der Waals surface area contributed by atoms with Gasteiger partial charge in [0.15, 0.2) is 5.43 Å². The van der Waals surface area contributed by atoms with Gasteiger partial charge >= 0.3 is 0 Å². The summed E-state index contributed by atoms with van der Waals surface area (Å²) < 4.78 is 28.8. The molecule has 2 aromatic heterocycles. The number of sulfonamides is 1. The number of hydrogen-bond acceptors (Lipinski definition) is 7. The molecule has 3 N–H and O–H groups in total. The van der Waals surface area contributed by atoms with Crippen LogP contribution in [0.4, 0.5) is 0 Å². The Hall–Kier alpha value is -3.95. The minimum atomic E-state index is -3.67. The van der Waals surface area contributed by atoms with Crippen LogP contribution in [-0.4, -0.2) is 31.6 Å². The van der Waals surface area contributed by atoms with E-state index in [0.29, 0.717) is 44.8 Å². The Morgan fingerprint density at radius 2 is 1.97 bits per heavy atom. The van der Waals surface area contributed by atoms with E-state index < -0.39 is 10.0 Å². The van der Waals surface area contributed by atoms with E-state index in [-0.39, 0.29) is 17.2 Å². The summed E-state index contributed by atoms with van der Waals surface area (Å²) in [4.78, 5) is 22.3. The fraction of sp³-hybridized carbons (Fsp3) is 0.185. The molecule has 0 saturated heterocycles. The number of nitrogens with one attached hydrogen (secondary N) is 3. The topological polar surface area (TPSA) is 125 Å². The first kappa shape index (κ1) is 23.8. The largest absolute Gasteiger partial charge is 0.393 e. The molecule has 0 spiro atoms. The number of aryl methyl sites for hydroxylation is 1. The minimum Gasteiger partial charge on any atom is -0.393 e. The van der Waals surface area contributed by atoms with Crippen LogP contribution in [-0.2, 0) is 22.2 Å². The van der Waals surface area contributed by atoms with Crippen LogP contribution in [0.15, 0.2) is 71.9 Å². The smallest absolute Gasteiger partial charge is 0.216 e. The van der Waals surface area contributed by atoms with E-state index in [2.05, 4.69) is 20.0 Å². The number of pyridine rings is 2. The zero-order valence-corrected chi connectivity index (χ0v) is 20.5. The second-order valence-electron chi connectivity index (χ2n) is 8.79. The molecule has 5 rings (SSSR count). The van der Waals surface area contributed by atoms with Gasteiger partial charge in [-0.25, -0.2) is 13.1 Å². The lowest BCUT2D eigenvalue weighted by atomic mass is 10.1. The molecule has 0 fully saturated rings. The summed E-state index contributed by atoms with van der Waals surface area (Å²) in [7, 11) is -1.94. The van der Waals surface area contributed by atoms with Crippen LogP contribution in [0.3, 0.4) is 0 Å². The molecule has 1 unspecified atom stereocenters. The van der Waals surface area contributed by atoms with Gasteiger partial charge in [0.1, 0.15) is 0 Å². The van der Waals surface area contributed by atoms with Gasteiger partial charge in [-0.15, -0.1) is 0 Å². The Balaban J connectivity index is 1.51. The van der Waals surface area contributed by atoms with Crippen molar-refractivity contribution in [1.29, 1.82) is 5.41 Å². The van der Waals surface area contributed by atoms with E-state index in [4.69, 9.17) is 5.41 Å². The Bertz CT molecular complexity index is 1700. The quantitative estimate of drug-likeness (QED) is 0.335. The molecule has 1 atom stereocenters. The van der Waals surface area contributed by atoms with Crippen LogP contribution in [0, 0.1) is 5.41 Å². The molecule has 0 saturated carbocycles. The van der Waals surface area contributed by atoms with Gasteiger partial charge in [-0.2, -0.15) is 0 Å². The molecule has 2 heterocycles. The van der Waals surface area contributed by atoms with Crippen molar-refractivity contribution in [2.45, 2.75) is 24.6 Å². The van der Waals surface area contributed by atoms with Gasteiger partial charge in [0.25, 0.3) is 0 Å². The van der Waals surface area contributed by atoms with Crippen LogP contribution in [0.1, 0.15) is 34.8 Å². The minimum absolute atomic E-state index is 0.241. The lowest BCUT2D eigenvalue weighted by Crippen LogP contribution is -2.29. The van der Waals surface area contributed by atoms with Gasteiger partial charge in [0, 0.05) is 53.8 Å². The lowest BCUT2D eigenvalue weighted by molar-refractivity contribution is 0.550. The van der Waals surface area contributed by atoms with E-state index in [9.17, 15) is 13.2 Å². The molecule has 182 valence electrons. The molecule has 0 radical (unpaired) electrons. The summed E-state index contributed by atoms with van der Waals surface area (Å²) in [6.45, 7) is 0. The van der Waals surface area contributed by atoms with Crippen molar-refractivity contribution < 1.29 is 8.42 Å². The number of hydrogen-bond donors (Lipinski definition) is 3. The zero-order chi connectivity index (χ0) is 25.3. The van der Waals surface area contributed by atoms with Gasteiger partial charge < -0.3 is 10.7 Å². The predicted octanol–water partition coefficient (Wildman–Crippen LogP) is 3.46. The Labute approximate surface area is 208 Å². The molecule has 0 amide bonds. The van der Waals surface area contributed by atoms with Crippen molar-refractivity contribution in [1.82, 2.24) is 20.0 Å². The van der Waals surface area contributed by atoms with E-state index in [0.717, 1.165) is 17.7 Å². The molecule has 1 aliphatic carbocycles. The third kappa shape index (κ3) is 4.62. The summed E-state index contributed by atoms with van der Waals surface area (Å²) in [5, 5.41) is 12.1. The van der Waals surface area contributed by atoms with Gasteiger partial charge in [0.05, 0.1) is 23.0 Å². The number of rotatable bonds is 7. The molecular weight excluding hydrogens is 474 g/mol. The Morgan fingerprint density at radius 3 is 2.78 bits per heavy atom. The maximum Gasteiger partial charge on any atom is 0.216 e. The fourth-order valence-electron chi connectivity index (χ4n) is 4.67.